The van der Waals surface area contributed by atoms with Crippen LogP contribution in [-0.2, 0) is 17.3 Å². The second-order valence-corrected chi connectivity index (χ2v) is 6.48. The van der Waals surface area contributed by atoms with E-state index in [9.17, 15) is 8.42 Å². The highest BCUT2D eigenvalue weighted by Crippen LogP contribution is 2.31. The van der Waals surface area contributed by atoms with Crippen molar-refractivity contribution in [2.75, 3.05) is 24.4 Å². The number of aryl methyl sites for hydroxylation is 1. The highest BCUT2D eigenvalue weighted by molar-refractivity contribution is 7.90. The smallest absolute Gasteiger partial charge is 0.303 e. The minimum Gasteiger partial charge on any atom is -0.348 e. The summed E-state index contributed by atoms with van der Waals surface area (Å²) in [7, 11) is 0.183. The largest absolute Gasteiger partial charge is 0.348 e. The SMILES string of the molecule is CN(c1cn(C)c2ccccc12)S(=O)(=O)N1CC1. The number of nitrogens with zero attached hydrogens (tertiary/aromatic N) is 3. The van der Waals surface area contributed by atoms with Gasteiger partial charge in [-0.15, -0.1) is 0 Å². The molecule has 1 aliphatic rings. The first-order valence-electron chi connectivity index (χ1n) is 5.80. The third kappa shape index (κ3) is 1.60. The average molecular weight is 265 g/mol. The van der Waals surface area contributed by atoms with E-state index in [4.69, 9.17) is 0 Å². The molecule has 18 heavy (non-hydrogen) atoms. The number of para-hydroxylation sites is 1. The number of hydrogen-bond acceptors (Lipinski definition) is 2. The number of benzene rings is 1. The van der Waals surface area contributed by atoms with E-state index in [1.807, 2.05) is 42.1 Å². The van der Waals surface area contributed by atoms with Gasteiger partial charge in [-0.05, 0) is 6.07 Å². The molecule has 5 nitrogen and oxygen atoms in total. The predicted octanol–water partition coefficient (Wildman–Crippen LogP) is 1.17. The van der Waals surface area contributed by atoms with E-state index in [0.29, 0.717) is 13.1 Å². The van der Waals surface area contributed by atoms with Crippen LogP contribution in [0.3, 0.4) is 0 Å². The van der Waals surface area contributed by atoms with Crippen LogP contribution in [0.5, 0.6) is 0 Å². The van der Waals surface area contributed by atoms with Crippen molar-refractivity contribution < 1.29 is 8.42 Å². The molecule has 0 N–H and O–H groups in total. The van der Waals surface area contributed by atoms with Gasteiger partial charge >= 0.3 is 10.2 Å². The first-order chi connectivity index (χ1) is 8.51. The van der Waals surface area contributed by atoms with Gasteiger partial charge in [0.25, 0.3) is 0 Å². The van der Waals surface area contributed by atoms with Gasteiger partial charge in [-0.1, -0.05) is 18.2 Å². The minimum absolute atomic E-state index is 0.622. The lowest BCUT2D eigenvalue weighted by atomic mass is 10.2. The lowest BCUT2D eigenvalue weighted by Crippen LogP contribution is -2.32. The zero-order valence-corrected chi connectivity index (χ0v) is 11.2. The van der Waals surface area contributed by atoms with Crippen molar-refractivity contribution in [2.45, 2.75) is 0 Å². The van der Waals surface area contributed by atoms with Crippen LogP contribution in [0.4, 0.5) is 5.69 Å². The molecule has 2 heterocycles. The Morgan fingerprint density at radius 2 is 1.89 bits per heavy atom. The van der Waals surface area contributed by atoms with Gasteiger partial charge in [0.1, 0.15) is 0 Å². The molecule has 2 aromatic rings. The number of fused-ring (bicyclic) bond motifs is 1. The summed E-state index contributed by atoms with van der Waals surface area (Å²) in [5, 5.41) is 0.952. The molecule has 1 fully saturated rings. The van der Waals surface area contributed by atoms with Crippen molar-refractivity contribution in [3.63, 3.8) is 0 Å². The normalized spacial score (nSPS) is 16.1. The third-order valence-electron chi connectivity index (χ3n) is 3.29. The molecule has 1 aliphatic heterocycles. The summed E-state index contributed by atoms with van der Waals surface area (Å²) in [6.45, 7) is 1.24. The molecule has 96 valence electrons. The fourth-order valence-electron chi connectivity index (χ4n) is 2.14. The second kappa shape index (κ2) is 3.73. The van der Waals surface area contributed by atoms with Crippen LogP contribution in [0.25, 0.3) is 10.9 Å². The van der Waals surface area contributed by atoms with Crippen molar-refractivity contribution in [3.8, 4) is 0 Å². The molecule has 0 spiro atoms. The molecular weight excluding hydrogens is 250 g/mol. The molecule has 1 aromatic carbocycles. The Balaban J connectivity index is 2.15. The molecule has 0 bridgehead atoms. The number of aromatic nitrogens is 1. The predicted molar refractivity (Wildman–Crippen MR) is 71.8 cm³/mol. The summed E-state index contributed by atoms with van der Waals surface area (Å²) in [6, 6.07) is 7.80. The summed E-state index contributed by atoms with van der Waals surface area (Å²) >= 11 is 0. The Kier molecular flexibility index (Phi) is 2.39. The minimum atomic E-state index is -3.34. The van der Waals surface area contributed by atoms with Crippen LogP contribution in [0.2, 0.25) is 0 Å². The van der Waals surface area contributed by atoms with Crippen molar-refractivity contribution in [1.82, 2.24) is 8.87 Å². The fourth-order valence-corrected chi connectivity index (χ4v) is 3.42. The maximum atomic E-state index is 12.2. The molecule has 1 aromatic heterocycles. The van der Waals surface area contributed by atoms with Gasteiger partial charge in [0.2, 0.25) is 0 Å². The molecule has 0 saturated carbocycles. The number of hydrogen-bond donors (Lipinski definition) is 0. The topological polar surface area (TPSA) is 45.3 Å². The Morgan fingerprint density at radius 1 is 1.22 bits per heavy atom. The molecule has 0 amide bonds. The molecule has 3 rings (SSSR count). The van der Waals surface area contributed by atoms with Crippen molar-refractivity contribution in [3.05, 3.63) is 30.5 Å². The Bertz CT molecular complexity index is 701. The molecule has 6 heteroatoms. The lowest BCUT2D eigenvalue weighted by Gasteiger charge is -2.18. The molecule has 0 unspecified atom stereocenters. The summed E-state index contributed by atoms with van der Waals surface area (Å²) < 4.78 is 29.1. The van der Waals surface area contributed by atoms with Crippen molar-refractivity contribution >= 4 is 26.8 Å². The average Bonchev–Trinajstić information content (AvgIpc) is 3.15. The Labute approximate surface area is 106 Å². The highest BCUT2D eigenvalue weighted by Gasteiger charge is 2.36. The molecule has 1 saturated heterocycles. The van der Waals surface area contributed by atoms with Gasteiger partial charge < -0.3 is 4.57 Å². The van der Waals surface area contributed by atoms with Crippen molar-refractivity contribution in [1.29, 1.82) is 0 Å². The molecule has 0 aliphatic carbocycles. The van der Waals surface area contributed by atoms with E-state index in [0.717, 1.165) is 16.6 Å². The lowest BCUT2D eigenvalue weighted by molar-refractivity contribution is 0.561. The van der Waals surface area contributed by atoms with Crippen LogP contribution in [0.1, 0.15) is 0 Å². The fraction of sp³-hybridized carbons (Fsp3) is 0.333. The van der Waals surface area contributed by atoms with Crippen LogP contribution in [-0.4, -0.2) is 37.4 Å². The molecule has 0 atom stereocenters. The Hall–Kier alpha value is -1.53. The van der Waals surface area contributed by atoms with Gasteiger partial charge in [-0.2, -0.15) is 12.7 Å². The second-order valence-electron chi connectivity index (χ2n) is 4.52. The van der Waals surface area contributed by atoms with E-state index in [2.05, 4.69) is 0 Å². The first-order valence-corrected chi connectivity index (χ1v) is 7.19. The number of anilines is 1. The van der Waals surface area contributed by atoms with E-state index < -0.39 is 10.2 Å². The zero-order chi connectivity index (χ0) is 12.9. The first kappa shape index (κ1) is 11.6. The van der Waals surface area contributed by atoms with E-state index in [1.54, 1.807) is 7.05 Å². The summed E-state index contributed by atoms with van der Waals surface area (Å²) in [4.78, 5) is 0. The summed E-state index contributed by atoms with van der Waals surface area (Å²) in [5.74, 6) is 0. The van der Waals surface area contributed by atoms with Crippen LogP contribution in [0, 0.1) is 0 Å². The summed E-state index contributed by atoms with van der Waals surface area (Å²) in [6.07, 6.45) is 1.85. The summed E-state index contributed by atoms with van der Waals surface area (Å²) in [5.41, 5.74) is 1.75. The maximum Gasteiger partial charge on any atom is 0.303 e. The monoisotopic (exact) mass is 265 g/mol. The molecular formula is C12H15N3O2S. The van der Waals surface area contributed by atoms with E-state index in [-0.39, 0.29) is 0 Å². The Morgan fingerprint density at radius 3 is 2.56 bits per heavy atom. The number of rotatable bonds is 3. The van der Waals surface area contributed by atoms with Gasteiger partial charge in [0, 0.05) is 44.3 Å². The zero-order valence-electron chi connectivity index (χ0n) is 10.4. The van der Waals surface area contributed by atoms with Gasteiger partial charge in [-0.3, -0.25) is 4.31 Å². The van der Waals surface area contributed by atoms with E-state index >= 15 is 0 Å². The van der Waals surface area contributed by atoms with Gasteiger partial charge in [-0.25, -0.2) is 0 Å². The van der Waals surface area contributed by atoms with E-state index in [1.165, 1.54) is 8.61 Å². The van der Waals surface area contributed by atoms with Crippen molar-refractivity contribution in [2.24, 2.45) is 7.05 Å². The van der Waals surface area contributed by atoms with Gasteiger partial charge in [0.05, 0.1) is 5.69 Å². The van der Waals surface area contributed by atoms with Crippen LogP contribution >= 0.6 is 0 Å². The van der Waals surface area contributed by atoms with Crippen LogP contribution in [0.15, 0.2) is 30.5 Å². The third-order valence-corrected chi connectivity index (χ3v) is 5.20. The standard InChI is InChI=1S/C12H15N3O2S/c1-13-9-12(10-5-3-4-6-11(10)13)14(2)18(16,17)15-7-8-15/h3-6,9H,7-8H2,1-2H3. The maximum absolute atomic E-state index is 12.2. The quantitative estimate of drug-likeness (QED) is 0.782. The van der Waals surface area contributed by atoms with Crippen LogP contribution < -0.4 is 4.31 Å². The molecule has 0 radical (unpaired) electrons. The van der Waals surface area contributed by atoms with Gasteiger partial charge in [0.15, 0.2) is 0 Å². The highest BCUT2D eigenvalue weighted by atomic mass is 32.2.